The molecule has 1 aromatic rings. The maximum Gasteiger partial charge on any atom is 0.279 e. The molecular weight excluding hydrogens is 162 g/mol. The molecule has 0 aromatic carbocycles. The Balaban J connectivity index is 3.48. The number of hydrogen-bond acceptors (Lipinski definition) is 5. The van der Waals surface area contributed by atoms with Crippen LogP contribution in [0.5, 0.6) is 0 Å². The zero-order valence-electron chi connectivity index (χ0n) is 6.22. The summed E-state index contributed by atoms with van der Waals surface area (Å²) in [6.45, 7) is 0. The van der Waals surface area contributed by atoms with Gasteiger partial charge in [-0.3, -0.25) is 4.79 Å². The maximum absolute atomic E-state index is 11.0. The highest BCUT2D eigenvalue weighted by atomic mass is 16.3. The van der Waals surface area contributed by atoms with Crippen molar-refractivity contribution in [3.05, 3.63) is 32.4 Å². The molecule has 0 bridgehead atoms. The summed E-state index contributed by atoms with van der Waals surface area (Å²) in [6, 6.07) is 1.04. The van der Waals surface area contributed by atoms with Crippen LogP contribution in [0, 0.1) is 9.81 Å². The predicted molar refractivity (Wildman–Crippen MR) is 42.6 cm³/mol. The Morgan fingerprint density at radius 1 is 1.33 bits per heavy atom. The second-order valence-corrected chi connectivity index (χ2v) is 2.18. The Kier molecular flexibility index (Phi) is 2.09. The first-order valence-electron chi connectivity index (χ1n) is 3.06. The van der Waals surface area contributed by atoms with Crippen molar-refractivity contribution in [2.75, 3.05) is 0 Å². The van der Waals surface area contributed by atoms with Crippen LogP contribution in [0.2, 0.25) is 0 Å². The summed E-state index contributed by atoms with van der Waals surface area (Å²) >= 11 is 0. The van der Waals surface area contributed by atoms with Crippen LogP contribution in [0.1, 0.15) is 0 Å². The zero-order chi connectivity index (χ0) is 9.14. The standard InChI is InChI=1S/C6H5N3O3/c1-9-3-4(7-11)2-5(8-12)6(9)10/h2-3H,1H3. The lowest BCUT2D eigenvalue weighted by molar-refractivity contribution is 0.860. The fourth-order valence-electron chi connectivity index (χ4n) is 0.792. The normalized spacial score (nSPS) is 9.42. The molecule has 0 aliphatic heterocycles. The Morgan fingerprint density at radius 3 is 2.50 bits per heavy atom. The monoisotopic (exact) mass is 167 g/mol. The minimum Gasteiger partial charge on any atom is -0.314 e. The van der Waals surface area contributed by atoms with Crippen LogP contribution in [0.4, 0.5) is 11.4 Å². The molecule has 0 fully saturated rings. The molecule has 1 aromatic heterocycles. The van der Waals surface area contributed by atoms with Crippen molar-refractivity contribution in [2.24, 2.45) is 17.4 Å². The molecule has 1 rings (SSSR count). The van der Waals surface area contributed by atoms with E-state index in [-0.39, 0.29) is 11.4 Å². The quantitative estimate of drug-likeness (QED) is 0.620. The molecular formula is C6H5N3O3. The van der Waals surface area contributed by atoms with Crippen LogP contribution in [0.3, 0.4) is 0 Å². The van der Waals surface area contributed by atoms with E-state index in [4.69, 9.17) is 0 Å². The van der Waals surface area contributed by atoms with Crippen molar-refractivity contribution in [3.8, 4) is 0 Å². The molecule has 62 valence electrons. The van der Waals surface area contributed by atoms with E-state index in [1.807, 2.05) is 0 Å². The number of hydrogen-bond donors (Lipinski definition) is 0. The van der Waals surface area contributed by atoms with Gasteiger partial charge in [0.2, 0.25) is 0 Å². The highest BCUT2D eigenvalue weighted by molar-refractivity contribution is 5.46. The van der Waals surface area contributed by atoms with Gasteiger partial charge in [0.1, 0.15) is 5.69 Å². The molecule has 0 saturated heterocycles. The van der Waals surface area contributed by atoms with Gasteiger partial charge in [-0.25, -0.2) is 0 Å². The summed E-state index contributed by atoms with van der Waals surface area (Å²) in [6.07, 6.45) is 1.23. The lowest BCUT2D eigenvalue weighted by atomic mass is 10.4. The third kappa shape index (κ3) is 1.26. The molecule has 0 atom stereocenters. The second kappa shape index (κ2) is 3.04. The first-order valence-corrected chi connectivity index (χ1v) is 3.06. The third-order valence-corrected chi connectivity index (χ3v) is 1.35. The number of pyridine rings is 1. The van der Waals surface area contributed by atoms with E-state index in [0.717, 1.165) is 10.6 Å². The average molecular weight is 167 g/mol. The zero-order valence-corrected chi connectivity index (χ0v) is 6.22. The Hall–Kier alpha value is -1.85. The summed E-state index contributed by atoms with van der Waals surface area (Å²) in [7, 11) is 1.41. The van der Waals surface area contributed by atoms with Crippen LogP contribution in [-0.2, 0) is 7.05 Å². The largest absolute Gasteiger partial charge is 0.314 e. The van der Waals surface area contributed by atoms with Gasteiger partial charge in [-0.1, -0.05) is 0 Å². The van der Waals surface area contributed by atoms with Gasteiger partial charge in [-0.05, 0) is 10.4 Å². The molecule has 0 amide bonds. The highest BCUT2D eigenvalue weighted by Gasteiger charge is 2.04. The summed E-state index contributed by atoms with van der Waals surface area (Å²) in [4.78, 5) is 31.1. The topological polar surface area (TPSA) is 80.9 Å². The van der Waals surface area contributed by atoms with Gasteiger partial charge in [0, 0.05) is 19.3 Å². The van der Waals surface area contributed by atoms with Gasteiger partial charge in [-0.2, -0.15) is 0 Å². The minimum absolute atomic E-state index is 0.00620. The van der Waals surface area contributed by atoms with E-state index < -0.39 is 5.56 Å². The Labute approximate surface area is 66.8 Å². The van der Waals surface area contributed by atoms with Crippen molar-refractivity contribution in [1.82, 2.24) is 4.57 Å². The van der Waals surface area contributed by atoms with Gasteiger partial charge in [0.15, 0.2) is 5.69 Å². The van der Waals surface area contributed by atoms with E-state index in [1.165, 1.54) is 13.2 Å². The molecule has 0 spiro atoms. The predicted octanol–water partition coefficient (Wildman–Crippen LogP) is 1.18. The number of aryl methyl sites for hydroxylation is 1. The summed E-state index contributed by atoms with van der Waals surface area (Å²) in [5.74, 6) is 0. The number of aromatic nitrogens is 1. The van der Waals surface area contributed by atoms with Gasteiger partial charge in [-0.15, -0.1) is 9.81 Å². The third-order valence-electron chi connectivity index (χ3n) is 1.35. The molecule has 0 N–H and O–H groups in total. The van der Waals surface area contributed by atoms with E-state index in [9.17, 15) is 14.6 Å². The molecule has 0 aliphatic rings. The summed E-state index contributed by atoms with van der Waals surface area (Å²) < 4.78 is 1.08. The van der Waals surface area contributed by atoms with Crippen LogP contribution >= 0.6 is 0 Å². The lowest BCUT2D eigenvalue weighted by Gasteiger charge is -1.96. The van der Waals surface area contributed by atoms with Crippen molar-refractivity contribution in [2.45, 2.75) is 0 Å². The molecule has 1 heterocycles. The van der Waals surface area contributed by atoms with E-state index in [1.54, 1.807) is 0 Å². The van der Waals surface area contributed by atoms with Crippen molar-refractivity contribution >= 4 is 11.4 Å². The Bertz CT molecular complexity index is 382. The van der Waals surface area contributed by atoms with E-state index in [2.05, 4.69) is 10.4 Å². The molecule has 0 radical (unpaired) electrons. The average Bonchev–Trinajstić information content (AvgIpc) is 2.09. The Morgan fingerprint density at radius 2 is 2.00 bits per heavy atom. The van der Waals surface area contributed by atoms with Gasteiger partial charge in [0.25, 0.3) is 5.56 Å². The molecule has 0 aliphatic carbocycles. The molecule has 0 unspecified atom stereocenters. The van der Waals surface area contributed by atoms with Gasteiger partial charge >= 0.3 is 0 Å². The minimum atomic E-state index is -0.544. The fraction of sp³-hybridized carbons (Fsp3) is 0.167. The van der Waals surface area contributed by atoms with Crippen molar-refractivity contribution < 1.29 is 0 Å². The highest BCUT2D eigenvalue weighted by Crippen LogP contribution is 2.14. The van der Waals surface area contributed by atoms with Crippen LogP contribution in [-0.4, -0.2) is 4.57 Å². The van der Waals surface area contributed by atoms with Crippen molar-refractivity contribution in [3.63, 3.8) is 0 Å². The van der Waals surface area contributed by atoms with E-state index in [0.29, 0.717) is 0 Å². The number of nitroso groups, excluding NO2 is 2. The van der Waals surface area contributed by atoms with E-state index >= 15 is 0 Å². The SMILES string of the molecule is Cn1cc(N=O)cc(N=O)c1=O. The fourth-order valence-corrected chi connectivity index (χ4v) is 0.792. The van der Waals surface area contributed by atoms with Gasteiger partial charge < -0.3 is 4.57 Å². The molecule has 6 heteroatoms. The van der Waals surface area contributed by atoms with Gasteiger partial charge in [0.05, 0.1) is 0 Å². The van der Waals surface area contributed by atoms with Crippen LogP contribution < -0.4 is 5.56 Å². The van der Waals surface area contributed by atoms with Crippen LogP contribution in [0.15, 0.2) is 27.4 Å². The number of rotatable bonds is 2. The summed E-state index contributed by atoms with van der Waals surface area (Å²) in [5, 5.41) is 5.03. The number of nitrogens with zero attached hydrogens (tertiary/aromatic N) is 3. The van der Waals surface area contributed by atoms with Crippen LogP contribution in [0.25, 0.3) is 0 Å². The molecule has 12 heavy (non-hydrogen) atoms. The van der Waals surface area contributed by atoms with Crippen molar-refractivity contribution in [1.29, 1.82) is 0 Å². The molecule has 0 saturated carbocycles. The first-order chi connectivity index (χ1) is 5.69. The lowest BCUT2D eigenvalue weighted by Crippen LogP contribution is -2.14. The first kappa shape index (κ1) is 8.25. The summed E-state index contributed by atoms with van der Waals surface area (Å²) in [5.41, 5.74) is -0.848. The maximum atomic E-state index is 11.0. The molecule has 6 nitrogen and oxygen atoms in total. The smallest absolute Gasteiger partial charge is 0.279 e. The second-order valence-electron chi connectivity index (χ2n) is 2.18.